The zero-order valence-corrected chi connectivity index (χ0v) is 16.6. The molecule has 1 amide bonds. The molecule has 1 heterocycles. The highest BCUT2D eigenvalue weighted by atomic mass is 32.2. The lowest BCUT2D eigenvalue weighted by Gasteiger charge is -2.17. The molecule has 3 rings (SSSR count). The van der Waals surface area contributed by atoms with Crippen molar-refractivity contribution >= 4 is 15.9 Å². The molecule has 1 saturated heterocycles. The summed E-state index contributed by atoms with van der Waals surface area (Å²) < 4.78 is 45.3. The number of sulfonamides is 1. The van der Waals surface area contributed by atoms with Crippen LogP contribution in [0.5, 0.6) is 5.75 Å². The number of halogens is 1. The summed E-state index contributed by atoms with van der Waals surface area (Å²) in [5.41, 5.74) is 0.932. The third kappa shape index (κ3) is 4.18. The van der Waals surface area contributed by atoms with Crippen LogP contribution in [0.25, 0.3) is 0 Å². The Morgan fingerprint density at radius 2 is 1.79 bits per heavy atom. The molecule has 1 aliphatic heterocycles. The third-order valence-electron chi connectivity index (χ3n) is 4.84. The Morgan fingerprint density at radius 3 is 2.36 bits per heavy atom. The minimum absolute atomic E-state index is 0.136. The number of nitrogens with zero attached hydrogens (tertiary/aromatic N) is 1. The van der Waals surface area contributed by atoms with Crippen LogP contribution >= 0.6 is 0 Å². The van der Waals surface area contributed by atoms with Gasteiger partial charge >= 0.3 is 0 Å². The van der Waals surface area contributed by atoms with Gasteiger partial charge in [0.05, 0.1) is 18.0 Å². The van der Waals surface area contributed by atoms with Crippen molar-refractivity contribution in [2.75, 3.05) is 20.2 Å². The second-order valence-corrected chi connectivity index (χ2v) is 8.66. The van der Waals surface area contributed by atoms with E-state index in [2.05, 4.69) is 5.32 Å². The molecule has 0 aromatic heterocycles. The Balaban J connectivity index is 1.70. The van der Waals surface area contributed by atoms with E-state index in [-0.39, 0.29) is 16.6 Å². The maximum absolute atomic E-state index is 13.9. The maximum Gasteiger partial charge on any atom is 0.251 e. The maximum atomic E-state index is 13.9. The second-order valence-electron chi connectivity index (χ2n) is 6.72. The average Bonchev–Trinajstić information content (AvgIpc) is 3.23. The number of hydrogen-bond donors (Lipinski definition) is 1. The lowest BCUT2D eigenvalue weighted by Crippen LogP contribution is -2.28. The summed E-state index contributed by atoms with van der Waals surface area (Å²) in [5, 5.41) is 2.78. The molecule has 0 aliphatic carbocycles. The number of rotatable bonds is 6. The lowest BCUT2D eigenvalue weighted by atomic mass is 10.1. The van der Waals surface area contributed by atoms with Crippen molar-refractivity contribution in [3.63, 3.8) is 0 Å². The highest BCUT2D eigenvalue weighted by Crippen LogP contribution is 2.23. The van der Waals surface area contributed by atoms with Crippen molar-refractivity contribution in [1.82, 2.24) is 9.62 Å². The molecule has 0 spiro atoms. The van der Waals surface area contributed by atoms with Gasteiger partial charge in [0.2, 0.25) is 10.0 Å². The number of amides is 1. The molecule has 0 bridgehead atoms. The van der Waals surface area contributed by atoms with Gasteiger partial charge in [0.15, 0.2) is 11.6 Å². The Morgan fingerprint density at radius 1 is 1.14 bits per heavy atom. The van der Waals surface area contributed by atoms with Crippen LogP contribution in [0.4, 0.5) is 4.39 Å². The number of ether oxygens (including phenoxy) is 1. The van der Waals surface area contributed by atoms with Crippen LogP contribution in [0, 0.1) is 5.82 Å². The van der Waals surface area contributed by atoms with E-state index in [9.17, 15) is 17.6 Å². The van der Waals surface area contributed by atoms with E-state index < -0.39 is 21.9 Å². The molecule has 1 atom stereocenters. The first-order chi connectivity index (χ1) is 13.3. The zero-order chi connectivity index (χ0) is 20.3. The first-order valence-corrected chi connectivity index (χ1v) is 10.5. The van der Waals surface area contributed by atoms with E-state index >= 15 is 0 Å². The van der Waals surface area contributed by atoms with Crippen molar-refractivity contribution in [2.45, 2.75) is 30.7 Å². The standard InChI is InChI=1S/C20H23FN2O4S/c1-14(16-7-10-19(27-2)18(21)13-16)22-20(24)15-5-8-17(9-6-15)28(25,26)23-11-3-4-12-23/h5-10,13-14H,3-4,11-12H2,1-2H3,(H,22,24)/t14-/m0/s1. The van der Waals surface area contributed by atoms with Gasteiger partial charge in [-0.25, -0.2) is 12.8 Å². The van der Waals surface area contributed by atoms with E-state index in [4.69, 9.17) is 4.74 Å². The smallest absolute Gasteiger partial charge is 0.251 e. The van der Waals surface area contributed by atoms with Gasteiger partial charge in [-0.15, -0.1) is 0 Å². The number of methoxy groups -OCH3 is 1. The van der Waals surface area contributed by atoms with Crippen LogP contribution in [0.3, 0.4) is 0 Å². The van der Waals surface area contributed by atoms with E-state index in [1.54, 1.807) is 13.0 Å². The fraction of sp³-hybridized carbons (Fsp3) is 0.350. The molecule has 0 unspecified atom stereocenters. The van der Waals surface area contributed by atoms with Crippen molar-refractivity contribution in [3.8, 4) is 5.75 Å². The number of carbonyl (C=O) groups excluding carboxylic acids is 1. The van der Waals surface area contributed by atoms with Crippen molar-refractivity contribution in [3.05, 3.63) is 59.4 Å². The summed E-state index contributed by atoms with van der Waals surface area (Å²) in [4.78, 5) is 12.6. The van der Waals surface area contributed by atoms with Crippen molar-refractivity contribution in [2.24, 2.45) is 0 Å². The number of carbonyl (C=O) groups is 1. The Bertz CT molecular complexity index is 955. The highest BCUT2D eigenvalue weighted by Gasteiger charge is 2.27. The van der Waals surface area contributed by atoms with Crippen LogP contribution in [0.15, 0.2) is 47.4 Å². The minimum atomic E-state index is -3.51. The van der Waals surface area contributed by atoms with Crippen LogP contribution < -0.4 is 10.1 Å². The Hall–Kier alpha value is -2.45. The molecule has 1 N–H and O–H groups in total. The fourth-order valence-corrected chi connectivity index (χ4v) is 4.69. The molecule has 1 fully saturated rings. The molecular weight excluding hydrogens is 383 g/mol. The summed E-state index contributed by atoms with van der Waals surface area (Å²) in [7, 11) is -2.12. The molecule has 28 heavy (non-hydrogen) atoms. The summed E-state index contributed by atoms with van der Waals surface area (Å²) >= 11 is 0. The Labute approximate surface area is 164 Å². The SMILES string of the molecule is COc1ccc([C@H](C)NC(=O)c2ccc(S(=O)(=O)N3CCCC3)cc2)cc1F. The second kappa shape index (κ2) is 8.28. The van der Waals surface area contributed by atoms with Gasteiger partial charge in [-0.1, -0.05) is 6.07 Å². The summed E-state index contributed by atoms with van der Waals surface area (Å²) in [5.74, 6) is -0.733. The molecule has 2 aromatic rings. The van der Waals surface area contributed by atoms with Gasteiger partial charge in [-0.05, 0) is 61.7 Å². The lowest BCUT2D eigenvalue weighted by molar-refractivity contribution is 0.0939. The predicted molar refractivity (Wildman–Crippen MR) is 103 cm³/mol. The van der Waals surface area contributed by atoms with Gasteiger partial charge in [-0.2, -0.15) is 4.31 Å². The van der Waals surface area contributed by atoms with E-state index in [1.807, 2.05) is 0 Å². The average molecular weight is 406 g/mol. The third-order valence-corrected chi connectivity index (χ3v) is 6.76. The fourth-order valence-electron chi connectivity index (χ4n) is 3.17. The number of hydrogen-bond acceptors (Lipinski definition) is 4. The Kier molecular flexibility index (Phi) is 6.00. The molecule has 2 aromatic carbocycles. The van der Waals surface area contributed by atoms with Crippen molar-refractivity contribution in [1.29, 1.82) is 0 Å². The van der Waals surface area contributed by atoms with E-state index in [0.717, 1.165) is 12.8 Å². The van der Waals surface area contributed by atoms with Gasteiger partial charge in [0.1, 0.15) is 0 Å². The van der Waals surface area contributed by atoms with Gasteiger partial charge in [0.25, 0.3) is 5.91 Å². The van der Waals surface area contributed by atoms with Crippen LogP contribution in [0.2, 0.25) is 0 Å². The van der Waals surface area contributed by atoms with Crippen LogP contribution in [-0.4, -0.2) is 38.8 Å². The number of nitrogens with one attached hydrogen (secondary N) is 1. The van der Waals surface area contributed by atoms with E-state index in [1.165, 1.54) is 47.8 Å². The molecule has 0 radical (unpaired) electrons. The van der Waals surface area contributed by atoms with Crippen LogP contribution in [0.1, 0.15) is 41.7 Å². The summed E-state index contributed by atoms with van der Waals surface area (Å²) in [6.45, 7) is 2.80. The first kappa shape index (κ1) is 20.3. The molecular formula is C20H23FN2O4S. The highest BCUT2D eigenvalue weighted by molar-refractivity contribution is 7.89. The number of benzene rings is 2. The van der Waals surface area contributed by atoms with Gasteiger partial charge < -0.3 is 10.1 Å². The largest absolute Gasteiger partial charge is 0.494 e. The topological polar surface area (TPSA) is 75.7 Å². The molecule has 0 saturated carbocycles. The predicted octanol–water partition coefficient (Wildman–Crippen LogP) is 3.11. The molecule has 1 aliphatic rings. The summed E-state index contributed by atoms with van der Waals surface area (Å²) in [6.07, 6.45) is 1.73. The van der Waals surface area contributed by atoms with E-state index in [0.29, 0.717) is 24.2 Å². The quantitative estimate of drug-likeness (QED) is 0.800. The molecule has 6 nitrogen and oxygen atoms in total. The van der Waals surface area contributed by atoms with Gasteiger partial charge in [0, 0.05) is 18.7 Å². The molecule has 150 valence electrons. The summed E-state index contributed by atoms with van der Waals surface area (Å²) in [6, 6.07) is 9.93. The van der Waals surface area contributed by atoms with Crippen molar-refractivity contribution < 1.29 is 22.3 Å². The van der Waals surface area contributed by atoms with Crippen LogP contribution in [-0.2, 0) is 10.0 Å². The molecule has 8 heteroatoms. The van der Waals surface area contributed by atoms with Gasteiger partial charge in [-0.3, -0.25) is 4.79 Å². The monoisotopic (exact) mass is 406 g/mol. The minimum Gasteiger partial charge on any atom is -0.494 e. The first-order valence-electron chi connectivity index (χ1n) is 9.07. The zero-order valence-electron chi connectivity index (χ0n) is 15.8. The normalized spacial score (nSPS) is 16.0.